The number of carbonyl (C=O) groups is 2. The smallest absolute Gasteiger partial charge is 0.349 e. The molecule has 5 nitrogen and oxygen atoms in total. The molecule has 6 heteroatoms. The Kier molecular flexibility index (Phi) is 4.24. The van der Waals surface area contributed by atoms with E-state index < -0.39 is 17.8 Å². The number of nitriles is 1. The maximum absolute atomic E-state index is 11.5. The predicted molar refractivity (Wildman–Crippen MR) is 63.1 cm³/mol. The number of primary amides is 1. The summed E-state index contributed by atoms with van der Waals surface area (Å²) in [4.78, 5) is 22.6. The van der Waals surface area contributed by atoms with E-state index in [-0.39, 0.29) is 11.1 Å². The molecule has 2 N–H and O–H groups in total. The van der Waals surface area contributed by atoms with E-state index in [0.29, 0.717) is 0 Å². The molecule has 0 radical (unpaired) electrons. The summed E-state index contributed by atoms with van der Waals surface area (Å²) in [5.41, 5.74) is 6.30. The van der Waals surface area contributed by atoms with Crippen LogP contribution in [-0.2, 0) is 8.62 Å². The maximum Gasteiger partial charge on any atom is 0.349 e. The van der Waals surface area contributed by atoms with E-state index >= 15 is 0 Å². The first-order valence-electron chi connectivity index (χ1n) is 4.63. The molecule has 0 spiro atoms. The van der Waals surface area contributed by atoms with Crippen LogP contribution in [0.25, 0.3) is 0 Å². The first kappa shape index (κ1) is 13.2. The molecule has 88 valence electrons. The molecule has 1 unspecified atom stereocenters. The molecule has 0 aliphatic heterocycles. The van der Waals surface area contributed by atoms with E-state index in [1.807, 2.05) is 0 Å². The number of carbonyl (C=O) groups excluding carboxylic acids is 2. The summed E-state index contributed by atoms with van der Waals surface area (Å²) < 4.78 is 4.42. The lowest BCUT2D eigenvalue weighted by Crippen LogP contribution is -2.22. The van der Waals surface area contributed by atoms with Crippen molar-refractivity contribution in [3.63, 3.8) is 0 Å². The number of amides is 1. The second kappa shape index (κ2) is 5.46. The quantitative estimate of drug-likeness (QED) is 0.916. The fraction of sp³-hybridized carbons (Fsp3) is 0.182. The van der Waals surface area contributed by atoms with E-state index in [4.69, 9.17) is 11.0 Å². The average Bonchev–Trinajstić information content (AvgIpc) is 2.30. The summed E-state index contributed by atoms with van der Waals surface area (Å²) >= 11 is 2.57. The monoisotopic (exact) mass is 296 g/mol. The van der Waals surface area contributed by atoms with Gasteiger partial charge in [0, 0.05) is 0 Å². The lowest BCUT2D eigenvalue weighted by molar-refractivity contribution is -0.118. The van der Waals surface area contributed by atoms with Gasteiger partial charge in [0.1, 0.15) is 0 Å². The van der Waals surface area contributed by atoms with Crippen molar-refractivity contribution in [2.75, 3.05) is 0 Å². The number of nitrogens with zero attached hydrogens (tertiary/aromatic N) is 1. The summed E-state index contributed by atoms with van der Waals surface area (Å²) in [6.45, 7) is 1.78. The van der Waals surface area contributed by atoms with Crippen molar-refractivity contribution >= 4 is 28.1 Å². The SMILES string of the molecule is Cc1ccc(C(C#N)C(N)=O)c(C(=O)OBr)c1. The lowest BCUT2D eigenvalue weighted by Gasteiger charge is -2.10. The summed E-state index contributed by atoms with van der Waals surface area (Å²) in [5.74, 6) is -2.65. The molecule has 0 aromatic heterocycles. The summed E-state index contributed by atoms with van der Waals surface area (Å²) in [7, 11) is 0. The Balaban J connectivity index is 3.38. The number of aryl methyl sites for hydroxylation is 1. The molecule has 1 atom stereocenters. The van der Waals surface area contributed by atoms with Crippen molar-refractivity contribution in [3.8, 4) is 6.07 Å². The zero-order valence-corrected chi connectivity index (χ0v) is 10.5. The highest BCUT2D eigenvalue weighted by molar-refractivity contribution is 9.06. The van der Waals surface area contributed by atoms with Gasteiger partial charge in [0.25, 0.3) is 0 Å². The third kappa shape index (κ3) is 2.82. The van der Waals surface area contributed by atoms with Crippen molar-refractivity contribution < 1.29 is 13.4 Å². The van der Waals surface area contributed by atoms with Gasteiger partial charge >= 0.3 is 5.97 Å². The van der Waals surface area contributed by atoms with Crippen LogP contribution in [0, 0.1) is 18.3 Å². The highest BCUT2D eigenvalue weighted by Crippen LogP contribution is 2.22. The average molecular weight is 297 g/mol. The molecular weight excluding hydrogens is 288 g/mol. The Bertz CT molecular complexity index is 508. The Hall–Kier alpha value is -1.87. The van der Waals surface area contributed by atoms with Gasteiger partial charge in [-0.05, 0) is 18.6 Å². The van der Waals surface area contributed by atoms with Crippen LogP contribution < -0.4 is 5.73 Å². The molecule has 0 aliphatic carbocycles. The minimum absolute atomic E-state index is 0.146. The number of benzene rings is 1. The van der Waals surface area contributed by atoms with Crippen LogP contribution in [0.2, 0.25) is 0 Å². The third-order valence-corrected chi connectivity index (χ3v) is 2.52. The van der Waals surface area contributed by atoms with E-state index in [9.17, 15) is 9.59 Å². The standard InChI is InChI=1S/C11H9BrN2O3/c1-6-2-3-7(9(5-13)10(14)15)8(4-6)11(16)17-12/h2-4,9H,1H3,(H2,14,15). The summed E-state index contributed by atoms with van der Waals surface area (Å²) in [5, 5.41) is 8.88. The Labute approximate surface area is 107 Å². The van der Waals surface area contributed by atoms with Gasteiger partial charge in [-0.3, -0.25) is 4.79 Å². The van der Waals surface area contributed by atoms with Gasteiger partial charge in [0.15, 0.2) is 22.2 Å². The largest absolute Gasteiger partial charge is 0.380 e. The van der Waals surface area contributed by atoms with Crippen LogP contribution in [0.5, 0.6) is 0 Å². The number of rotatable bonds is 3. The highest BCUT2D eigenvalue weighted by atomic mass is 79.9. The Morgan fingerprint density at radius 3 is 2.65 bits per heavy atom. The molecule has 1 aromatic rings. The molecule has 0 bridgehead atoms. The first-order valence-corrected chi connectivity index (χ1v) is 5.28. The van der Waals surface area contributed by atoms with Gasteiger partial charge in [0.05, 0.1) is 11.6 Å². The van der Waals surface area contributed by atoms with Crippen molar-refractivity contribution in [1.82, 2.24) is 0 Å². The van der Waals surface area contributed by atoms with E-state index in [0.717, 1.165) is 5.56 Å². The number of hydrogen-bond donors (Lipinski definition) is 1. The lowest BCUT2D eigenvalue weighted by atomic mass is 9.93. The summed E-state index contributed by atoms with van der Waals surface area (Å²) in [6.07, 6.45) is 0. The van der Waals surface area contributed by atoms with Crippen LogP contribution in [0.1, 0.15) is 27.4 Å². The number of hydrogen-bond acceptors (Lipinski definition) is 4. The van der Waals surface area contributed by atoms with E-state index in [1.54, 1.807) is 19.1 Å². The zero-order chi connectivity index (χ0) is 13.0. The van der Waals surface area contributed by atoms with Crippen molar-refractivity contribution in [1.29, 1.82) is 5.26 Å². The molecule has 1 rings (SSSR count). The predicted octanol–water partition coefficient (Wildman–Crippen LogP) is 1.55. The molecule has 1 aromatic carbocycles. The fourth-order valence-electron chi connectivity index (χ4n) is 1.43. The van der Waals surface area contributed by atoms with Gasteiger partial charge in [-0.15, -0.1) is 0 Å². The Morgan fingerprint density at radius 2 is 2.18 bits per heavy atom. The highest BCUT2D eigenvalue weighted by Gasteiger charge is 2.24. The molecule has 1 amide bonds. The molecule has 0 fully saturated rings. The van der Waals surface area contributed by atoms with Crippen LogP contribution >= 0.6 is 16.3 Å². The van der Waals surface area contributed by atoms with Crippen molar-refractivity contribution in [3.05, 3.63) is 34.9 Å². The number of halogens is 1. The van der Waals surface area contributed by atoms with Crippen molar-refractivity contribution in [2.45, 2.75) is 12.8 Å². The summed E-state index contributed by atoms with van der Waals surface area (Å²) in [6, 6.07) is 6.50. The van der Waals surface area contributed by atoms with Crippen LogP contribution in [0.4, 0.5) is 0 Å². The fourth-order valence-corrected chi connectivity index (χ4v) is 1.60. The molecular formula is C11H9BrN2O3. The van der Waals surface area contributed by atoms with Gasteiger partial charge in [-0.25, -0.2) is 4.79 Å². The zero-order valence-electron chi connectivity index (χ0n) is 8.94. The van der Waals surface area contributed by atoms with Crippen LogP contribution in [-0.4, -0.2) is 11.9 Å². The van der Waals surface area contributed by atoms with Gasteiger partial charge < -0.3 is 9.56 Å². The minimum Gasteiger partial charge on any atom is -0.380 e. The van der Waals surface area contributed by atoms with E-state index in [1.165, 1.54) is 12.1 Å². The second-order valence-corrected chi connectivity index (χ2v) is 3.74. The Morgan fingerprint density at radius 1 is 1.53 bits per heavy atom. The topological polar surface area (TPSA) is 93.2 Å². The molecule has 0 aliphatic rings. The van der Waals surface area contributed by atoms with Crippen LogP contribution in [0.3, 0.4) is 0 Å². The molecule has 0 saturated heterocycles. The molecule has 0 saturated carbocycles. The number of nitrogens with two attached hydrogens (primary N) is 1. The van der Waals surface area contributed by atoms with Crippen molar-refractivity contribution in [2.24, 2.45) is 5.73 Å². The van der Waals surface area contributed by atoms with E-state index in [2.05, 4.69) is 20.1 Å². The van der Waals surface area contributed by atoms with Gasteiger partial charge in [0.2, 0.25) is 5.91 Å². The third-order valence-electron chi connectivity index (χ3n) is 2.22. The van der Waals surface area contributed by atoms with Crippen LogP contribution in [0.15, 0.2) is 18.2 Å². The normalized spacial score (nSPS) is 11.4. The molecule has 0 heterocycles. The van der Waals surface area contributed by atoms with Gasteiger partial charge in [-0.1, -0.05) is 17.7 Å². The second-order valence-electron chi connectivity index (χ2n) is 3.42. The maximum atomic E-state index is 11.5. The first-order chi connectivity index (χ1) is 8.01. The minimum atomic E-state index is -1.17. The molecule has 17 heavy (non-hydrogen) atoms. The van der Waals surface area contributed by atoms with Gasteiger partial charge in [-0.2, -0.15) is 5.26 Å².